The van der Waals surface area contributed by atoms with Gasteiger partial charge in [-0.05, 0) is 54.6 Å². The van der Waals surface area contributed by atoms with Crippen LogP contribution in [0.5, 0.6) is 0 Å². The van der Waals surface area contributed by atoms with E-state index in [9.17, 15) is 19.2 Å². The van der Waals surface area contributed by atoms with Crippen molar-refractivity contribution in [2.75, 3.05) is 13.1 Å². The van der Waals surface area contributed by atoms with Crippen molar-refractivity contribution in [3.8, 4) is 0 Å². The Kier molecular flexibility index (Phi) is 7.95. The standard InChI is InChI=1S/C22H19Cl2N3O4S/c1-13(26-20(29)16-4-2-3-5-17(16)24)19(28)25-10-11-27-21(30)18(32-22(27)31)12-14-6-8-15(23)9-7-14/h2-9,12-13H,10-11H2,1H3,(H,25,28)(H,26,29)/t13-/m0/s1. The largest absolute Gasteiger partial charge is 0.353 e. The highest BCUT2D eigenvalue weighted by Gasteiger charge is 2.34. The van der Waals surface area contributed by atoms with Crippen LogP contribution in [0.3, 0.4) is 0 Å². The Labute approximate surface area is 199 Å². The summed E-state index contributed by atoms with van der Waals surface area (Å²) in [6, 6.07) is 12.5. The summed E-state index contributed by atoms with van der Waals surface area (Å²) >= 11 is 12.7. The minimum atomic E-state index is -0.835. The molecule has 1 saturated heterocycles. The molecule has 2 aromatic carbocycles. The van der Waals surface area contributed by atoms with Crippen molar-refractivity contribution in [1.29, 1.82) is 0 Å². The molecule has 0 radical (unpaired) electrons. The normalized spacial score (nSPS) is 15.7. The fraction of sp³-hybridized carbons (Fsp3) is 0.182. The highest BCUT2D eigenvalue weighted by molar-refractivity contribution is 8.18. The maximum absolute atomic E-state index is 12.5. The molecule has 3 rings (SSSR count). The summed E-state index contributed by atoms with van der Waals surface area (Å²) in [7, 11) is 0. The molecule has 0 aliphatic carbocycles. The number of rotatable bonds is 7. The molecule has 0 spiro atoms. The van der Waals surface area contributed by atoms with Crippen molar-refractivity contribution >= 4 is 64.0 Å². The van der Waals surface area contributed by atoms with Crippen molar-refractivity contribution in [2.24, 2.45) is 0 Å². The van der Waals surface area contributed by atoms with Crippen molar-refractivity contribution in [3.63, 3.8) is 0 Å². The third-order valence-corrected chi connectivity index (χ3v) is 6.02. The number of nitrogens with zero attached hydrogens (tertiary/aromatic N) is 1. The van der Waals surface area contributed by atoms with E-state index in [2.05, 4.69) is 10.6 Å². The predicted molar refractivity (Wildman–Crippen MR) is 126 cm³/mol. The average Bonchev–Trinajstić information content (AvgIpc) is 3.02. The van der Waals surface area contributed by atoms with Gasteiger partial charge in [0.15, 0.2) is 0 Å². The van der Waals surface area contributed by atoms with Crippen molar-refractivity contribution in [1.82, 2.24) is 15.5 Å². The lowest BCUT2D eigenvalue weighted by Crippen LogP contribution is -2.47. The molecule has 0 bridgehead atoms. The van der Waals surface area contributed by atoms with Gasteiger partial charge in [-0.3, -0.25) is 24.1 Å². The first-order chi connectivity index (χ1) is 15.3. The van der Waals surface area contributed by atoms with Crippen LogP contribution in [-0.2, 0) is 9.59 Å². The van der Waals surface area contributed by atoms with Crippen LogP contribution in [0, 0.1) is 0 Å². The summed E-state index contributed by atoms with van der Waals surface area (Å²) in [5, 5.41) is 5.62. The van der Waals surface area contributed by atoms with Crippen molar-refractivity contribution < 1.29 is 19.2 Å². The van der Waals surface area contributed by atoms with E-state index in [0.717, 1.165) is 22.2 Å². The highest BCUT2D eigenvalue weighted by atomic mass is 35.5. The molecule has 0 aromatic heterocycles. The third-order valence-electron chi connectivity index (χ3n) is 4.54. The van der Waals surface area contributed by atoms with Gasteiger partial charge in [0.2, 0.25) is 5.91 Å². The first-order valence-electron chi connectivity index (χ1n) is 9.60. The lowest BCUT2D eigenvalue weighted by atomic mass is 10.2. The molecule has 166 valence electrons. The Bertz CT molecular complexity index is 1090. The van der Waals surface area contributed by atoms with Gasteiger partial charge >= 0.3 is 0 Å². The Morgan fingerprint density at radius 1 is 1.09 bits per heavy atom. The van der Waals surface area contributed by atoms with Crippen LogP contribution in [0.2, 0.25) is 10.0 Å². The zero-order chi connectivity index (χ0) is 23.3. The molecule has 1 aliphatic heterocycles. The Morgan fingerprint density at radius 2 is 1.78 bits per heavy atom. The number of nitrogens with one attached hydrogen (secondary N) is 2. The quantitative estimate of drug-likeness (QED) is 0.571. The fourth-order valence-electron chi connectivity index (χ4n) is 2.83. The summed E-state index contributed by atoms with van der Waals surface area (Å²) in [5.41, 5.74) is 1.01. The van der Waals surface area contributed by atoms with Crippen LogP contribution in [0.1, 0.15) is 22.8 Å². The smallest absolute Gasteiger partial charge is 0.293 e. The van der Waals surface area contributed by atoms with E-state index in [0.29, 0.717) is 9.93 Å². The van der Waals surface area contributed by atoms with E-state index in [4.69, 9.17) is 23.2 Å². The highest BCUT2D eigenvalue weighted by Crippen LogP contribution is 2.32. The zero-order valence-electron chi connectivity index (χ0n) is 16.9. The minimum Gasteiger partial charge on any atom is -0.353 e. The number of thioether (sulfide) groups is 1. The van der Waals surface area contributed by atoms with Gasteiger partial charge in [-0.25, -0.2) is 0 Å². The molecule has 7 nitrogen and oxygen atoms in total. The van der Waals surface area contributed by atoms with E-state index < -0.39 is 29.0 Å². The monoisotopic (exact) mass is 491 g/mol. The van der Waals surface area contributed by atoms with Crippen LogP contribution in [0.4, 0.5) is 4.79 Å². The van der Waals surface area contributed by atoms with Gasteiger partial charge in [0.25, 0.3) is 17.1 Å². The Morgan fingerprint density at radius 3 is 2.47 bits per heavy atom. The van der Waals surface area contributed by atoms with Crippen LogP contribution in [0.25, 0.3) is 6.08 Å². The Balaban J connectivity index is 1.51. The minimum absolute atomic E-state index is 0.0134. The second kappa shape index (κ2) is 10.7. The van der Waals surface area contributed by atoms with E-state index in [1.165, 1.54) is 6.92 Å². The first kappa shape index (κ1) is 23.8. The zero-order valence-corrected chi connectivity index (χ0v) is 19.3. The van der Waals surface area contributed by atoms with E-state index >= 15 is 0 Å². The van der Waals surface area contributed by atoms with Gasteiger partial charge in [0, 0.05) is 18.1 Å². The molecule has 2 aromatic rings. The van der Waals surface area contributed by atoms with Gasteiger partial charge in [-0.15, -0.1) is 0 Å². The topological polar surface area (TPSA) is 95.6 Å². The molecule has 1 fully saturated rings. The first-order valence-corrected chi connectivity index (χ1v) is 11.2. The molecule has 0 unspecified atom stereocenters. The maximum Gasteiger partial charge on any atom is 0.293 e. The summed E-state index contributed by atoms with van der Waals surface area (Å²) in [5.74, 6) is -1.35. The molecular weight excluding hydrogens is 473 g/mol. The summed E-state index contributed by atoms with van der Waals surface area (Å²) in [6.07, 6.45) is 1.62. The molecule has 1 atom stereocenters. The summed E-state index contributed by atoms with van der Waals surface area (Å²) < 4.78 is 0. The third kappa shape index (κ3) is 5.91. The van der Waals surface area contributed by atoms with E-state index in [1.807, 2.05) is 0 Å². The number of hydrogen-bond donors (Lipinski definition) is 2. The van der Waals surface area contributed by atoms with Gasteiger partial charge in [0.05, 0.1) is 15.5 Å². The second-order valence-electron chi connectivity index (χ2n) is 6.85. The van der Waals surface area contributed by atoms with Gasteiger partial charge in [-0.2, -0.15) is 0 Å². The molecule has 1 heterocycles. The fourth-order valence-corrected chi connectivity index (χ4v) is 4.05. The lowest BCUT2D eigenvalue weighted by molar-refractivity contribution is -0.124. The van der Waals surface area contributed by atoms with Crippen LogP contribution in [-0.4, -0.2) is 47.0 Å². The average molecular weight is 492 g/mol. The number of amides is 4. The predicted octanol–water partition coefficient (Wildman–Crippen LogP) is 3.96. The van der Waals surface area contributed by atoms with Crippen molar-refractivity contribution in [2.45, 2.75) is 13.0 Å². The summed E-state index contributed by atoms with van der Waals surface area (Å²) in [6.45, 7) is 1.59. The molecule has 10 heteroatoms. The number of carbonyl (C=O) groups excluding carboxylic acids is 4. The number of benzene rings is 2. The molecule has 32 heavy (non-hydrogen) atoms. The molecule has 2 N–H and O–H groups in total. The summed E-state index contributed by atoms with van der Waals surface area (Å²) in [4.78, 5) is 50.7. The number of imide groups is 1. The lowest BCUT2D eigenvalue weighted by Gasteiger charge is -2.16. The van der Waals surface area contributed by atoms with E-state index in [-0.39, 0.29) is 23.7 Å². The van der Waals surface area contributed by atoms with Crippen molar-refractivity contribution in [3.05, 3.63) is 74.6 Å². The Hall–Kier alpha value is -2.81. The van der Waals surface area contributed by atoms with Gasteiger partial charge in [-0.1, -0.05) is 47.5 Å². The van der Waals surface area contributed by atoms with Gasteiger partial charge in [0.1, 0.15) is 6.04 Å². The molecule has 0 saturated carbocycles. The van der Waals surface area contributed by atoms with E-state index in [1.54, 1.807) is 54.6 Å². The number of hydrogen-bond acceptors (Lipinski definition) is 5. The molecular formula is C22H19Cl2N3O4S. The molecule has 4 amide bonds. The SMILES string of the molecule is C[C@H](NC(=O)c1ccccc1Cl)C(=O)NCCN1C(=O)SC(=Cc2ccc(Cl)cc2)C1=O. The number of carbonyl (C=O) groups is 4. The molecule has 1 aliphatic rings. The second-order valence-corrected chi connectivity index (χ2v) is 8.69. The van der Waals surface area contributed by atoms with Gasteiger partial charge < -0.3 is 10.6 Å². The van der Waals surface area contributed by atoms with Crippen LogP contribution in [0.15, 0.2) is 53.4 Å². The maximum atomic E-state index is 12.5. The van der Waals surface area contributed by atoms with Crippen LogP contribution >= 0.6 is 35.0 Å². The number of halogens is 2. The van der Waals surface area contributed by atoms with Crippen LogP contribution < -0.4 is 10.6 Å².